The molecular weight excluding hydrogens is 203 g/mol. The lowest BCUT2D eigenvalue weighted by atomic mass is 10.0. The molecule has 2 nitrogen and oxygen atoms in total. The largest absolute Gasteiger partial charge is 0.395 e. The van der Waals surface area contributed by atoms with Crippen molar-refractivity contribution >= 4 is 11.4 Å². The summed E-state index contributed by atoms with van der Waals surface area (Å²) in [6.07, 6.45) is 2.22. The van der Waals surface area contributed by atoms with E-state index in [-0.39, 0.29) is 11.5 Å². The Morgan fingerprint density at radius 3 is 2.56 bits per heavy atom. The number of nitrogen functional groups attached to an aromatic ring is 1. The third-order valence-electron chi connectivity index (χ3n) is 2.63. The molecule has 1 rings (SSSR count). The van der Waals surface area contributed by atoms with Crippen LogP contribution in [0.3, 0.4) is 0 Å². The van der Waals surface area contributed by atoms with Crippen molar-refractivity contribution in [1.29, 1.82) is 0 Å². The Morgan fingerprint density at radius 1 is 1.25 bits per heavy atom. The Bertz CT molecular complexity index is 337. The summed E-state index contributed by atoms with van der Waals surface area (Å²) in [6.45, 7) is 6.49. The summed E-state index contributed by atoms with van der Waals surface area (Å²) in [5, 5.41) is 3.24. The van der Waals surface area contributed by atoms with Crippen molar-refractivity contribution in [3.63, 3.8) is 0 Å². The molecule has 0 aliphatic rings. The van der Waals surface area contributed by atoms with Gasteiger partial charge in [-0.15, -0.1) is 0 Å². The number of anilines is 2. The number of halogens is 1. The highest BCUT2D eigenvalue weighted by Gasteiger charge is 2.08. The van der Waals surface area contributed by atoms with E-state index in [0.29, 0.717) is 17.6 Å². The highest BCUT2D eigenvalue weighted by molar-refractivity contribution is 5.66. The zero-order chi connectivity index (χ0) is 12.1. The molecule has 16 heavy (non-hydrogen) atoms. The van der Waals surface area contributed by atoms with Crippen LogP contribution >= 0.6 is 0 Å². The number of nitrogens with one attached hydrogen (secondary N) is 1. The summed E-state index contributed by atoms with van der Waals surface area (Å²) in [4.78, 5) is 0. The molecule has 0 saturated carbocycles. The van der Waals surface area contributed by atoms with Gasteiger partial charge in [-0.1, -0.05) is 19.9 Å². The zero-order valence-electron chi connectivity index (χ0n) is 10.3. The van der Waals surface area contributed by atoms with Crippen LogP contribution in [0, 0.1) is 11.7 Å². The molecule has 0 saturated heterocycles. The molecule has 0 heterocycles. The molecule has 0 radical (unpaired) electrons. The SMILES string of the molecule is CC(C)CCC(C)Nc1cccc(F)c1N. The van der Waals surface area contributed by atoms with Gasteiger partial charge in [-0.3, -0.25) is 0 Å². The predicted molar refractivity (Wildman–Crippen MR) is 68.0 cm³/mol. The third-order valence-corrected chi connectivity index (χ3v) is 2.63. The molecular formula is C13H21FN2. The first-order chi connectivity index (χ1) is 7.50. The van der Waals surface area contributed by atoms with E-state index in [2.05, 4.69) is 26.1 Å². The number of para-hydroxylation sites is 1. The van der Waals surface area contributed by atoms with E-state index in [9.17, 15) is 4.39 Å². The minimum Gasteiger partial charge on any atom is -0.395 e. The van der Waals surface area contributed by atoms with E-state index in [1.54, 1.807) is 6.07 Å². The molecule has 0 aliphatic carbocycles. The molecule has 1 aromatic carbocycles. The summed E-state index contributed by atoms with van der Waals surface area (Å²) < 4.78 is 13.2. The van der Waals surface area contributed by atoms with Crippen molar-refractivity contribution in [2.24, 2.45) is 5.92 Å². The quantitative estimate of drug-likeness (QED) is 0.749. The van der Waals surface area contributed by atoms with E-state index in [0.717, 1.165) is 12.8 Å². The molecule has 3 N–H and O–H groups in total. The molecule has 90 valence electrons. The molecule has 0 aromatic heterocycles. The van der Waals surface area contributed by atoms with Crippen molar-refractivity contribution in [2.75, 3.05) is 11.1 Å². The lowest BCUT2D eigenvalue weighted by Crippen LogP contribution is -2.17. The van der Waals surface area contributed by atoms with Gasteiger partial charge in [0.1, 0.15) is 5.82 Å². The summed E-state index contributed by atoms with van der Waals surface area (Å²) in [5.74, 6) is 0.329. The molecule has 0 spiro atoms. The van der Waals surface area contributed by atoms with Gasteiger partial charge >= 0.3 is 0 Å². The molecule has 1 aromatic rings. The Labute approximate surface area is 97.0 Å². The van der Waals surface area contributed by atoms with Gasteiger partial charge in [0.25, 0.3) is 0 Å². The van der Waals surface area contributed by atoms with E-state index in [4.69, 9.17) is 5.73 Å². The zero-order valence-corrected chi connectivity index (χ0v) is 10.3. The second kappa shape index (κ2) is 5.73. The fourth-order valence-electron chi connectivity index (χ4n) is 1.58. The van der Waals surface area contributed by atoms with Crippen LogP contribution in [0.15, 0.2) is 18.2 Å². The Balaban J connectivity index is 2.56. The van der Waals surface area contributed by atoms with E-state index >= 15 is 0 Å². The van der Waals surface area contributed by atoms with Gasteiger partial charge in [0, 0.05) is 6.04 Å². The molecule has 0 aliphatic heterocycles. The number of benzene rings is 1. The minimum absolute atomic E-state index is 0.207. The van der Waals surface area contributed by atoms with E-state index in [1.165, 1.54) is 6.07 Å². The lowest BCUT2D eigenvalue weighted by molar-refractivity contribution is 0.527. The van der Waals surface area contributed by atoms with Crippen LogP contribution in [-0.2, 0) is 0 Å². The number of nitrogens with two attached hydrogens (primary N) is 1. The second-order valence-electron chi connectivity index (χ2n) is 4.72. The van der Waals surface area contributed by atoms with E-state index in [1.807, 2.05) is 6.07 Å². The van der Waals surface area contributed by atoms with Crippen molar-refractivity contribution in [2.45, 2.75) is 39.7 Å². The van der Waals surface area contributed by atoms with E-state index < -0.39 is 0 Å². The summed E-state index contributed by atoms with van der Waals surface area (Å²) in [5.41, 5.74) is 6.55. The van der Waals surface area contributed by atoms with Gasteiger partial charge in [-0.25, -0.2) is 4.39 Å². The Kier molecular flexibility index (Phi) is 4.59. The topological polar surface area (TPSA) is 38.0 Å². The van der Waals surface area contributed by atoms with Crippen molar-refractivity contribution in [1.82, 2.24) is 0 Å². The highest BCUT2D eigenvalue weighted by Crippen LogP contribution is 2.22. The predicted octanol–water partition coefficient (Wildman–Crippen LogP) is 3.64. The number of hydrogen-bond acceptors (Lipinski definition) is 2. The first-order valence-corrected chi connectivity index (χ1v) is 5.81. The third kappa shape index (κ3) is 3.72. The van der Waals surface area contributed by atoms with Crippen molar-refractivity contribution in [3.05, 3.63) is 24.0 Å². The van der Waals surface area contributed by atoms with Gasteiger partial charge in [0.2, 0.25) is 0 Å². The summed E-state index contributed by atoms with van der Waals surface area (Å²) in [6, 6.07) is 5.17. The van der Waals surface area contributed by atoms with Gasteiger partial charge in [-0.2, -0.15) is 0 Å². The maximum Gasteiger partial charge on any atom is 0.148 e. The van der Waals surface area contributed by atoms with Crippen molar-refractivity contribution in [3.8, 4) is 0 Å². The smallest absolute Gasteiger partial charge is 0.148 e. The molecule has 1 atom stereocenters. The first-order valence-electron chi connectivity index (χ1n) is 5.81. The lowest BCUT2D eigenvalue weighted by Gasteiger charge is -2.17. The van der Waals surface area contributed by atoms with Gasteiger partial charge in [0.05, 0.1) is 11.4 Å². The van der Waals surface area contributed by atoms with Gasteiger partial charge in [-0.05, 0) is 37.8 Å². The van der Waals surface area contributed by atoms with Gasteiger partial charge < -0.3 is 11.1 Å². The van der Waals surface area contributed by atoms with Gasteiger partial charge in [0.15, 0.2) is 0 Å². The van der Waals surface area contributed by atoms with Crippen LogP contribution < -0.4 is 11.1 Å². The summed E-state index contributed by atoms with van der Waals surface area (Å²) in [7, 11) is 0. The fourth-order valence-corrected chi connectivity index (χ4v) is 1.58. The Hall–Kier alpha value is -1.25. The molecule has 1 unspecified atom stereocenters. The van der Waals surface area contributed by atoms with Crippen LogP contribution in [0.4, 0.5) is 15.8 Å². The number of hydrogen-bond donors (Lipinski definition) is 2. The molecule has 3 heteroatoms. The normalized spacial score (nSPS) is 12.8. The monoisotopic (exact) mass is 224 g/mol. The van der Waals surface area contributed by atoms with Crippen LogP contribution in [0.2, 0.25) is 0 Å². The number of rotatable bonds is 5. The second-order valence-corrected chi connectivity index (χ2v) is 4.72. The Morgan fingerprint density at radius 2 is 1.94 bits per heavy atom. The van der Waals surface area contributed by atoms with Crippen molar-refractivity contribution < 1.29 is 4.39 Å². The highest BCUT2D eigenvalue weighted by atomic mass is 19.1. The van der Waals surface area contributed by atoms with Crippen LogP contribution in [0.1, 0.15) is 33.6 Å². The molecule has 0 fully saturated rings. The standard InChI is InChI=1S/C13H21FN2/c1-9(2)7-8-10(3)16-12-6-4-5-11(14)13(12)15/h4-6,9-10,16H,7-8,15H2,1-3H3. The average Bonchev–Trinajstić information content (AvgIpc) is 2.22. The summed E-state index contributed by atoms with van der Waals surface area (Å²) >= 11 is 0. The minimum atomic E-state index is -0.360. The van der Waals surface area contributed by atoms with Crippen LogP contribution in [0.5, 0.6) is 0 Å². The fraction of sp³-hybridized carbons (Fsp3) is 0.538. The van der Waals surface area contributed by atoms with Crippen LogP contribution in [0.25, 0.3) is 0 Å². The average molecular weight is 224 g/mol. The maximum atomic E-state index is 13.2. The molecule has 0 amide bonds. The molecule has 0 bridgehead atoms. The van der Waals surface area contributed by atoms with Crippen LogP contribution in [-0.4, -0.2) is 6.04 Å². The first kappa shape index (κ1) is 12.8. The maximum absolute atomic E-state index is 13.2.